The Kier molecular flexibility index (Phi) is 4.22. The zero-order valence-electron chi connectivity index (χ0n) is 19.4. The van der Waals surface area contributed by atoms with Crippen molar-refractivity contribution >= 4 is 55.5 Å². The third-order valence-corrected chi connectivity index (χ3v) is 11.1. The van der Waals surface area contributed by atoms with Gasteiger partial charge >= 0.3 is 0 Å². The summed E-state index contributed by atoms with van der Waals surface area (Å²) in [6, 6.07) is 26.0. The first-order valence-corrected chi connectivity index (χ1v) is 13.3. The highest BCUT2D eigenvalue weighted by molar-refractivity contribution is 8.14. The minimum Gasteiger partial charge on any atom is -0.328 e. The van der Waals surface area contributed by atoms with Crippen LogP contribution in [0.25, 0.3) is 32.0 Å². The van der Waals surface area contributed by atoms with Crippen molar-refractivity contribution in [3.63, 3.8) is 0 Å². The third-order valence-electron chi connectivity index (χ3n) is 7.70. The molecule has 0 bridgehead atoms. The second-order valence-electron chi connectivity index (χ2n) is 9.50. The van der Waals surface area contributed by atoms with Crippen LogP contribution in [0, 0.1) is 0 Å². The molecule has 0 amide bonds. The first-order valence-electron chi connectivity index (χ1n) is 11.6. The Hall–Kier alpha value is -2.95. The van der Waals surface area contributed by atoms with Gasteiger partial charge in [0.1, 0.15) is 5.65 Å². The lowest BCUT2D eigenvalue weighted by atomic mass is 9.76. The number of aryl methyl sites for hydroxylation is 1. The lowest BCUT2D eigenvalue weighted by Crippen LogP contribution is -2.54. The van der Waals surface area contributed by atoms with Gasteiger partial charge in [-0.05, 0) is 60.4 Å². The molecule has 4 heterocycles. The fourth-order valence-electron chi connectivity index (χ4n) is 5.80. The van der Waals surface area contributed by atoms with Crippen LogP contribution >= 0.6 is 23.5 Å². The maximum absolute atomic E-state index is 4.80. The highest BCUT2D eigenvalue weighted by Crippen LogP contribution is 2.66. The van der Waals surface area contributed by atoms with E-state index in [1.807, 2.05) is 29.7 Å². The Bertz CT molecular complexity index is 1680. The van der Waals surface area contributed by atoms with Gasteiger partial charge in [0.05, 0.1) is 14.8 Å². The Morgan fingerprint density at radius 3 is 1.88 bits per heavy atom. The second-order valence-corrected chi connectivity index (χ2v) is 12.4. The lowest BCUT2D eigenvalue weighted by molar-refractivity contribution is 0.682. The highest BCUT2D eigenvalue weighted by Gasteiger charge is 2.58. The summed E-state index contributed by atoms with van der Waals surface area (Å²) in [5.41, 5.74) is 6.47. The van der Waals surface area contributed by atoms with Crippen molar-refractivity contribution in [2.24, 2.45) is 7.05 Å². The third kappa shape index (κ3) is 2.53. The SMILES string of the molecule is Cn1c2c(c3cccnc31)=C1C=C(c3ccccc3)SC1(C)C1(C)SC(c3ccccc3)=CC=21. The number of benzene rings is 2. The molecule has 1 aliphatic carbocycles. The number of fused-ring (bicyclic) bond motifs is 6. The molecule has 166 valence electrons. The summed E-state index contributed by atoms with van der Waals surface area (Å²) in [4.78, 5) is 7.49. The first-order chi connectivity index (χ1) is 16.5. The van der Waals surface area contributed by atoms with Crippen LogP contribution < -0.4 is 10.6 Å². The molecule has 0 saturated heterocycles. The molecule has 4 aromatic rings. The standard InChI is InChI=1S/C30H24N2S2/c1-29-22(17-24(33-29)19-11-6-4-7-12-19)26-21-15-10-16-31-28(21)32(3)27(26)23-18-25(34-30(23,29)2)20-13-8-5-9-14-20/h4-18H,1-3H3. The lowest BCUT2D eigenvalue weighted by Gasteiger charge is -2.44. The molecule has 3 aliphatic rings. The van der Waals surface area contributed by atoms with Crippen molar-refractivity contribution in [1.29, 1.82) is 0 Å². The topological polar surface area (TPSA) is 17.8 Å². The molecule has 2 aliphatic heterocycles. The molecule has 0 fully saturated rings. The molecule has 0 radical (unpaired) electrons. The smallest absolute Gasteiger partial charge is 0.140 e. The molecule has 0 N–H and O–H groups in total. The fraction of sp³-hybridized carbons (Fsp3) is 0.167. The molecule has 2 nitrogen and oxygen atoms in total. The second kappa shape index (κ2) is 7.03. The van der Waals surface area contributed by atoms with E-state index >= 15 is 0 Å². The van der Waals surface area contributed by atoms with E-state index in [0.717, 1.165) is 5.65 Å². The van der Waals surface area contributed by atoms with Gasteiger partial charge in [-0.2, -0.15) is 0 Å². The van der Waals surface area contributed by atoms with Gasteiger partial charge in [0.25, 0.3) is 0 Å². The minimum absolute atomic E-state index is 0.109. The van der Waals surface area contributed by atoms with Crippen LogP contribution in [0.3, 0.4) is 0 Å². The summed E-state index contributed by atoms with van der Waals surface area (Å²) < 4.78 is 2.09. The number of hydrogen-bond acceptors (Lipinski definition) is 3. The average Bonchev–Trinajstić information content (AvgIpc) is 3.51. The van der Waals surface area contributed by atoms with Crippen molar-refractivity contribution < 1.29 is 0 Å². The first kappa shape index (κ1) is 20.4. The number of rotatable bonds is 2. The van der Waals surface area contributed by atoms with Gasteiger partial charge < -0.3 is 4.57 Å². The molecular weight excluding hydrogens is 452 g/mol. The molecule has 2 unspecified atom stereocenters. The van der Waals surface area contributed by atoms with E-state index < -0.39 is 0 Å². The average molecular weight is 477 g/mol. The van der Waals surface area contributed by atoms with Gasteiger partial charge in [-0.15, -0.1) is 23.5 Å². The van der Waals surface area contributed by atoms with Gasteiger partial charge in [-0.1, -0.05) is 60.7 Å². The maximum atomic E-state index is 4.80. The monoisotopic (exact) mass is 476 g/mol. The van der Waals surface area contributed by atoms with Crippen LogP contribution in [-0.4, -0.2) is 19.0 Å². The minimum atomic E-state index is -0.111. The van der Waals surface area contributed by atoms with Gasteiger partial charge in [0, 0.05) is 33.7 Å². The van der Waals surface area contributed by atoms with Gasteiger partial charge in [0.2, 0.25) is 0 Å². The van der Waals surface area contributed by atoms with Crippen LogP contribution in [0.5, 0.6) is 0 Å². The van der Waals surface area contributed by atoms with Gasteiger partial charge in [0.15, 0.2) is 0 Å². The molecule has 4 heteroatoms. The molecular formula is C30H24N2S2. The molecule has 7 rings (SSSR count). The van der Waals surface area contributed by atoms with Gasteiger partial charge in [-0.3, -0.25) is 0 Å². The molecule has 0 saturated carbocycles. The van der Waals surface area contributed by atoms with E-state index in [0.29, 0.717) is 0 Å². The zero-order valence-corrected chi connectivity index (χ0v) is 21.0. The number of hydrogen-bond donors (Lipinski definition) is 0. The summed E-state index contributed by atoms with van der Waals surface area (Å²) in [5, 5.41) is 3.91. The molecule has 34 heavy (non-hydrogen) atoms. The summed E-state index contributed by atoms with van der Waals surface area (Å²) in [5.74, 6) is 0. The fourth-order valence-corrected chi connectivity index (χ4v) is 8.93. The van der Waals surface area contributed by atoms with E-state index in [1.165, 1.54) is 48.0 Å². The van der Waals surface area contributed by atoms with Crippen molar-refractivity contribution in [2.75, 3.05) is 0 Å². The maximum Gasteiger partial charge on any atom is 0.140 e. The van der Waals surface area contributed by atoms with E-state index in [-0.39, 0.29) is 9.49 Å². The van der Waals surface area contributed by atoms with Crippen LogP contribution in [0.2, 0.25) is 0 Å². The number of aromatic nitrogens is 2. The van der Waals surface area contributed by atoms with E-state index in [1.54, 1.807) is 0 Å². The summed E-state index contributed by atoms with van der Waals surface area (Å²) in [6.07, 6.45) is 6.81. The van der Waals surface area contributed by atoms with Crippen molar-refractivity contribution in [2.45, 2.75) is 23.3 Å². The van der Waals surface area contributed by atoms with E-state index in [9.17, 15) is 0 Å². The summed E-state index contributed by atoms with van der Waals surface area (Å²) in [6.45, 7) is 4.90. The number of nitrogens with zero attached hydrogens (tertiary/aromatic N) is 2. The quantitative estimate of drug-likeness (QED) is 0.354. The van der Waals surface area contributed by atoms with E-state index in [4.69, 9.17) is 4.98 Å². The summed E-state index contributed by atoms with van der Waals surface area (Å²) >= 11 is 4.04. The van der Waals surface area contributed by atoms with Crippen LogP contribution in [0.4, 0.5) is 0 Å². The number of allylic oxidation sites excluding steroid dienone is 2. The van der Waals surface area contributed by atoms with Crippen LogP contribution in [-0.2, 0) is 7.05 Å². The number of thioether (sulfide) groups is 2. The Morgan fingerprint density at radius 2 is 1.26 bits per heavy atom. The molecule has 2 aromatic carbocycles. The number of pyridine rings is 1. The largest absolute Gasteiger partial charge is 0.328 e. The van der Waals surface area contributed by atoms with Crippen LogP contribution in [0.15, 0.2) is 91.1 Å². The van der Waals surface area contributed by atoms with Crippen molar-refractivity contribution in [3.05, 3.63) is 113 Å². The Labute approximate surface area is 207 Å². The Morgan fingerprint density at radius 1 is 0.706 bits per heavy atom. The molecule has 2 atom stereocenters. The normalized spacial score (nSPS) is 25.1. The van der Waals surface area contributed by atoms with E-state index in [2.05, 4.69) is 110 Å². The highest BCUT2D eigenvalue weighted by atomic mass is 32.2. The van der Waals surface area contributed by atoms with Crippen molar-refractivity contribution in [3.8, 4) is 0 Å². The predicted molar refractivity (Wildman–Crippen MR) is 148 cm³/mol. The predicted octanol–water partition coefficient (Wildman–Crippen LogP) is 5.98. The van der Waals surface area contributed by atoms with Crippen molar-refractivity contribution in [1.82, 2.24) is 9.55 Å². The summed E-state index contributed by atoms with van der Waals surface area (Å²) in [7, 11) is 2.17. The van der Waals surface area contributed by atoms with Gasteiger partial charge in [-0.25, -0.2) is 4.98 Å². The Balaban J connectivity index is 1.62. The molecule has 0 spiro atoms. The van der Waals surface area contributed by atoms with Crippen LogP contribution in [0.1, 0.15) is 25.0 Å². The zero-order chi connectivity index (χ0) is 23.1. The molecule has 2 aromatic heterocycles.